The summed E-state index contributed by atoms with van der Waals surface area (Å²) in [6.07, 6.45) is 8.76. The van der Waals surface area contributed by atoms with Crippen LogP contribution >= 0.6 is 11.8 Å². The fourth-order valence-electron chi connectivity index (χ4n) is 4.03. The summed E-state index contributed by atoms with van der Waals surface area (Å²) < 4.78 is 0. The monoisotopic (exact) mass is 268 g/mol. The van der Waals surface area contributed by atoms with E-state index >= 15 is 0 Å². The summed E-state index contributed by atoms with van der Waals surface area (Å²) in [5.41, 5.74) is 0. The summed E-state index contributed by atoms with van der Waals surface area (Å²) in [6, 6.07) is 2.41. The number of thioether (sulfide) groups is 1. The Hall–Kier alpha value is 0.270. The van der Waals surface area contributed by atoms with Gasteiger partial charge in [0.05, 0.1) is 0 Å². The lowest BCUT2D eigenvalue weighted by Gasteiger charge is -2.43. The van der Waals surface area contributed by atoms with Gasteiger partial charge in [0.25, 0.3) is 0 Å². The van der Waals surface area contributed by atoms with Crippen LogP contribution in [0.2, 0.25) is 0 Å². The largest absolute Gasteiger partial charge is 0.310 e. The summed E-state index contributed by atoms with van der Waals surface area (Å²) in [4.78, 5) is 2.72. The fourth-order valence-corrected chi connectivity index (χ4v) is 5.12. The van der Waals surface area contributed by atoms with Gasteiger partial charge in [0, 0.05) is 42.7 Å². The molecule has 1 saturated carbocycles. The lowest BCUT2D eigenvalue weighted by atomic mass is 9.77. The Morgan fingerprint density at radius 3 is 2.94 bits per heavy atom. The van der Waals surface area contributed by atoms with Gasteiger partial charge >= 0.3 is 0 Å². The minimum absolute atomic E-state index is 0.773. The van der Waals surface area contributed by atoms with E-state index in [9.17, 15) is 0 Å². The normalized spacial score (nSPS) is 42.5. The summed E-state index contributed by atoms with van der Waals surface area (Å²) >= 11 is 2.12. The first-order valence-electron chi connectivity index (χ1n) is 7.91. The van der Waals surface area contributed by atoms with Gasteiger partial charge in [-0.1, -0.05) is 12.8 Å². The van der Waals surface area contributed by atoms with E-state index in [0.717, 1.165) is 24.0 Å². The number of nitrogens with one attached hydrogen (secondary N) is 1. The molecule has 3 rings (SSSR count). The number of hydrogen-bond donors (Lipinski definition) is 1. The summed E-state index contributed by atoms with van der Waals surface area (Å²) in [5.74, 6) is 3.67. The van der Waals surface area contributed by atoms with Crippen molar-refractivity contribution in [3.05, 3.63) is 0 Å². The van der Waals surface area contributed by atoms with Gasteiger partial charge in [0.1, 0.15) is 0 Å². The molecule has 4 atom stereocenters. The zero-order chi connectivity index (χ0) is 12.4. The Labute approximate surface area is 116 Å². The maximum Gasteiger partial charge on any atom is 0.0197 e. The van der Waals surface area contributed by atoms with Crippen molar-refractivity contribution in [2.24, 2.45) is 5.92 Å². The molecule has 1 aliphatic carbocycles. The van der Waals surface area contributed by atoms with Crippen molar-refractivity contribution in [1.29, 1.82) is 0 Å². The number of fused-ring (bicyclic) bond motifs is 1. The molecule has 0 aromatic carbocycles. The minimum Gasteiger partial charge on any atom is -0.310 e. The summed E-state index contributed by atoms with van der Waals surface area (Å²) in [7, 11) is 0. The topological polar surface area (TPSA) is 15.3 Å². The molecule has 2 heterocycles. The van der Waals surface area contributed by atoms with Crippen LogP contribution in [0.4, 0.5) is 0 Å². The number of rotatable bonds is 2. The Balaban J connectivity index is 1.51. The van der Waals surface area contributed by atoms with E-state index in [2.05, 4.69) is 28.9 Å². The second-order valence-corrected chi connectivity index (χ2v) is 7.66. The van der Waals surface area contributed by atoms with Crippen molar-refractivity contribution in [3.8, 4) is 0 Å². The molecule has 1 N–H and O–H groups in total. The first-order valence-corrected chi connectivity index (χ1v) is 9.06. The van der Waals surface area contributed by atoms with E-state index in [1.807, 2.05) is 0 Å². The molecule has 104 valence electrons. The average molecular weight is 268 g/mol. The minimum atomic E-state index is 0.773. The van der Waals surface area contributed by atoms with Crippen LogP contribution in [0.15, 0.2) is 0 Å². The molecule has 0 amide bonds. The first-order chi connectivity index (χ1) is 8.83. The third kappa shape index (κ3) is 3.05. The zero-order valence-corrected chi connectivity index (χ0v) is 12.6. The molecule has 0 aromatic rings. The lowest BCUT2D eigenvalue weighted by Crippen LogP contribution is -2.55. The van der Waals surface area contributed by atoms with E-state index in [4.69, 9.17) is 0 Å². The van der Waals surface area contributed by atoms with E-state index in [0.29, 0.717) is 0 Å². The van der Waals surface area contributed by atoms with Crippen molar-refractivity contribution in [3.63, 3.8) is 0 Å². The molecule has 0 aromatic heterocycles. The van der Waals surface area contributed by atoms with Crippen molar-refractivity contribution >= 4 is 11.8 Å². The van der Waals surface area contributed by atoms with Gasteiger partial charge in [-0.15, -0.1) is 0 Å². The predicted molar refractivity (Wildman–Crippen MR) is 80.3 cm³/mol. The van der Waals surface area contributed by atoms with Gasteiger partial charge in [-0.3, -0.25) is 4.90 Å². The fraction of sp³-hybridized carbons (Fsp3) is 1.00. The standard InChI is InChI=1S/C15H28N2S/c1-12-11-18-9-8-17(12)10-14-7-6-13-4-2-3-5-15(13)16-14/h12-16H,2-11H2,1H3. The Morgan fingerprint density at radius 2 is 2.06 bits per heavy atom. The number of piperidine rings is 1. The van der Waals surface area contributed by atoms with Crippen LogP contribution < -0.4 is 5.32 Å². The average Bonchev–Trinajstić information content (AvgIpc) is 2.41. The van der Waals surface area contributed by atoms with Crippen LogP contribution in [0.1, 0.15) is 45.4 Å². The zero-order valence-electron chi connectivity index (χ0n) is 11.7. The van der Waals surface area contributed by atoms with Gasteiger partial charge in [0.2, 0.25) is 0 Å². The highest BCUT2D eigenvalue weighted by Gasteiger charge is 2.33. The molecule has 18 heavy (non-hydrogen) atoms. The first kappa shape index (κ1) is 13.3. The highest BCUT2D eigenvalue weighted by atomic mass is 32.2. The quantitative estimate of drug-likeness (QED) is 0.829. The van der Waals surface area contributed by atoms with E-state index in [1.165, 1.54) is 63.1 Å². The second kappa shape index (κ2) is 6.15. The molecule has 2 aliphatic heterocycles. The van der Waals surface area contributed by atoms with E-state index < -0.39 is 0 Å². The number of nitrogens with zero attached hydrogens (tertiary/aromatic N) is 1. The molecule has 4 unspecified atom stereocenters. The van der Waals surface area contributed by atoms with Crippen molar-refractivity contribution in [2.45, 2.75) is 63.6 Å². The van der Waals surface area contributed by atoms with Crippen LogP contribution in [0.25, 0.3) is 0 Å². The maximum atomic E-state index is 3.97. The van der Waals surface area contributed by atoms with Gasteiger partial charge < -0.3 is 5.32 Å². The predicted octanol–water partition coefficient (Wildman–Crippen LogP) is 2.73. The summed E-state index contributed by atoms with van der Waals surface area (Å²) in [6.45, 7) is 5.00. The van der Waals surface area contributed by atoms with E-state index in [1.54, 1.807) is 0 Å². The van der Waals surface area contributed by atoms with Crippen LogP contribution in [-0.4, -0.2) is 47.6 Å². The molecular formula is C15H28N2S. The molecule has 2 nitrogen and oxygen atoms in total. The van der Waals surface area contributed by atoms with Crippen LogP contribution in [0, 0.1) is 5.92 Å². The second-order valence-electron chi connectivity index (χ2n) is 6.51. The molecule has 3 fully saturated rings. The van der Waals surface area contributed by atoms with E-state index in [-0.39, 0.29) is 0 Å². The van der Waals surface area contributed by atoms with Crippen LogP contribution in [0.3, 0.4) is 0 Å². The number of hydrogen-bond acceptors (Lipinski definition) is 3. The highest BCUT2D eigenvalue weighted by molar-refractivity contribution is 7.99. The third-order valence-electron chi connectivity index (χ3n) is 5.20. The lowest BCUT2D eigenvalue weighted by molar-refractivity contribution is 0.133. The van der Waals surface area contributed by atoms with Crippen molar-refractivity contribution < 1.29 is 0 Å². The van der Waals surface area contributed by atoms with Gasteiger partial charge in [-0.2, -0.15) is 11.8 Å². The SMILES string of the molecule is CC1CSCCN1CC1CCC2CCCCC2N1. The molecule has 0 bridgehead atoms. The Bertz CT molecular complexity index is 271. The molecule has 0 spiro atoms. The molecule has 2 saturated heterocycles. The van der Waals surface area contributed by atoms with Gasteiger partial charge in [-0.25, -0.2) is 0 Å². The highest BCUT2D eigenvalue weighted by Crippen LogP contribution is 2.32. The van der Waals surface area contributed by atoms with Gasteiger partial charge in [-0.05, 0) is 38.5 Å². The third-order valence-corrected chi connectivity index (χ3v) is 6.39. The molecule has 0 radical (unpaired) electrons. The molecular weight excluding hydrogens is 240 g/mol. The smallest absolute Gasteiger partial charge is 0.0197 e. The van der Waals surface area contributed by atoms with Crippen LogP contribution in [-0.2, 0) is 0 Å². The Kier molecular flexibility index (Phi) is 4.53. The van der Waals surface area contributed by atoms with Crippen molar-refractivity contribution in [1.82, 2.24) is 10.2 Å². The Morgan fingerprint density at radius 1 is 1.17 bits per heavy atom. The molecule has 3 aliphatic rings. The maximum absolute atomic E-state index is 3.97. The van der Waals surface area contributed by atoms with Crippen molar-refractivity contribution in [2.75, 3.05) is 24.6 Å². The summed E-state index contributed by atoms with van der Waals surface area (Å²) in [5, 5.41) is 3.97. The molecule has 3 heteroatoms. The van der Waals surface area contributed by atoms with Crippen LogP contribution in [0.5, 0.6) is 0 Å². The van der Waals surface area contributed by atoms with Gasteiger partial charge in [0.15, 0.2) is 0 Å².